The highest BCUT2D eigenvalue weighted by molar-refractivity contribution is 5.70. The summed E-state index contributed by atoms with van der Waals surface area (Å²) in [6, 6.07) is -0.714. The average molecular weight is 920 g/mol. The topological polar surface area (TPSA) is 245 Å². The van der Waals surface area contributed by atoms with Gasteiger partial charge in [-0.1, -0.05) is 44.6 Å². The number of carbonyl (C=O) groups is 1. The predicted molar refractivity (Wildman–Crippen MR) is 232 cm³/mol. The number of carbonyl (C=O) groups excluding carboxylic acids is 1. The first-order valence-corrected chi connectivity index (χ1v) is 23.0. The summed E-state index contributed by atoms with van der Waals surface area (Å²) in [5.41, 5.74) is -0.715. The van der Waals surface area contributed by atoms with Gasteiger partial charge in [-0.25, -0.2) is 0 Å². The Bertz CT molecular complexity index is 1480. The van der Waals surface area contributed by atoms with Gasteiger partial charge in [0.05, 0.1) is 61.3 Å². The molecule has 0 amide bonds. The van der Waals surface area contributed by atoms with Gasteiger partial charge in [-0.05, 0) is 79.8 Å². The number of cyclic esters (lactones) is 1. The summed E-state index contributed by atoms with van der Waals surface area (Å²) in [6.07, 6.45) is -8.71. The van der Waals surface area contributed by atoms with E-state index in [1.165, 1.54) is 21.1 Å². The molecule has 0 aromatic rings. The van der Waals surface area contributed by atoms with Crippen molar-refractivity contribution in [2.75, 3.05) is 41.5 Å². The zero-order valence-corrected chi connectivity index (χ0v) is 40.0. The standard InChI is InChI=1S/C46H81NO17/c1-13-33-30(22-58-45-42(57-12)41(56-11)37(52)26(5)60-45)18-23(2)14-15-31(49)24(3)19-29(16-17-48)39(25(4)32(50)20-34(51)62-33)64-44-38(53)36(47(9)10)40(27(6)61-44)63-35-21-46(8,55)43(54)28(7)59-35/h14-15,18,24-33,35-45,48-50,52-55H,13,16-17,19-22H2,1-12H3. The molecule has 4 aliphatic heterocycles. The Hall–Kier alpha value is -1.69. The van der Waals surface area contributed by atoms with Gasteiger partial charge in [-0.3, -0.25) is 4.79 Å². The number of likely N-dealkylation sites (N-methyl/N-ethyl adjacent to an activating group) is 1. The van der Waals surface area contributed by atoms with Crippen molar-refractivity contribution in [3.63, 3.8) is 0 Å². The van der Waals surface area contributed by atoms with Gasteiger partial charge in [0.2, 0.25) is 0 Å². The minimum atomic E-state index is -1.48. The molecule has 0 aromatic heterocycles. The molecule has 0 aromatic carbocycles. The minimum absolute atomic E-state index is 0.0201. The van der Waals surface area contributed by atoms with Gasteiger partial charge in [0.25, 0.3) is 0 Å². The van der Waals surface area contributed by atoms with Crippen LogP contribution in [0.3, 0.4) is 0 Å². The van der Waals surface area contributed by atoms with Gasteiger partial charge in [-0.2, -0.15) is 0 Å². The molecule has 372 valence electrons. The molecule has 4 aliphatic rings. The molecule has 64 heavy (non-hydrogen) atoms. The summed E-state index contributed by atoms with van der Waals surface area (Å²) in [5, 5.41) is 77.7. The normalized spacial score (nSPS) is 45.8. The minimum Gasteiger partial charge on any atom is -0.462 e. The van der Waals surface area contributed by atoms with Crippen LogP contribution >= 0.6 is 0 Å². The maximum Gasteiger partial charge on any atom is 0.308 e. The van der Waals surface area contributed by atoms with E-state index in [4.69, 9.17) is 42.6 Å². The zero-order valence-electron chi connectivity index (χ0n) is 40.0. The Labute approximate surface area is 379 Å². The number of aliphatic hydroxyl groups is 7. The Morgan fingerprint density at radius 1 is 0.859 bits per heavy atom. The van der Waals surface area contributed by atoms with Gasteiger partial charge in [-0.15, -0.1) is 0 Å². The van der Waals surface area contributed by atoms with Crippen molar-refractivity contribution in [2.24, 2.45) is 23.7 Å². The first-order valence-electron chi connectivity index (χ1n) is 23.0. The molecule has 22 unspecified atom stereocenters. The fraction of sp³-hybridized carbons (Fsp3) is 0.891. The summed E-state index contributed by atoms with van der Waals surface area (Å²) in [6.45, 7) is 13.8. The molecule has 3 fully saturated rings. The summed E-state index contributed by atoms with van der Waals surface area (Å²) in [4.78, 5) is 15.6. The number of rotatable bonds is 13. The van der Waals surface area contributed by atoms with Crippen LogP contribution in [-0.2, 0) is 47.4 Å². The first kappa shape index (κ1) is 54.9. The van der Waals surface area contributed by atoms with Crippen molar-refractivity contribution in [2.45, 2.75) is 197 Å². The third-order valence-electron chi connectivity index (χ3n) is 13.7. The SMILES string of the molecule is CCC1OC(=O)CC(O)C(C)C(OC2OC(C)C(OC3CC(C)(O)C(O)C(C)O3)C(N(C)C)C2O)C(CCO)CC(C)C(O)C=CC(C)=CC1COC1OC(C)C(O)C(OC)C1OC. The van der Waals surface area contributed by atoms with Gasteiger partial charge < -0.3 is 83.3 Å². The second-order valence-corrected chi connectivity index (χ2v) is 19.0. The van der Waals surface area contributed by atoms with Gasteiger partial charge in [0.1, 0.15) is 42.7 Å². The zero-order chi connectivity index (χ0) is 47.8. The molecule has 18 nitrogen and oxygen atoms in total. The summed E-state index contributed by atoms with van der Waals surface area (Å²) < 4.78 is 54.9. The Morgan fingerprint density at radius 2 is 1.52 bits per heavy atom. The quantitative estimate of drug-likeness (QED) is 0.129. The van der Waals surface area contributed by atoms with Crippen molar-refractivity contribution < 1.29 is 83.2 Å². The number of aliphatic hydroxyl groups excluding tert-OH is 6. The number of methoxy groups -OCH3 is 2. The molecular formula is C46H81NO17. The Morgan fingerprint density at radius 3 is 2.11 bits per heavy atom. The summed E-state index contributed by atoms with van der Waals surface area (Å²) in [7, 11) is 6.50. The molecule has 3 saturated heterocycles. The Balaban J connectivity index is 1.61. The van der Waals surface area contributed by atoms with E-state index in [-0.39, 0.29) is 32.0 Å². The fourth-order valence-corrected chi connectivity index (χ4v) is 9.71. The molecule has 0 saturated carbocycles. The van der Waals surface area contributed by atoms with Crippen molar-refractivity contribution in [3.8, 4) is 0 Å². The van der Waals surface area contributed by atoms with Crippen LogP contribution in [0.2, 0.25) is 0 Å². The van der Waals surface area contributed by atoms with Crippen LogP contribution < -0.4 is 0 Å². The maximum atomic E-state index is 13.8. The van der Waals surface area contributed by atoms with Crippen LogP contribution in [0.1, 0.15) is 87.5 Å². The van der Waals surface area contributed by atoms with Crippen molar-refractivity contribution in [3.05, 3.63) is 23.8 Å². The second-order valence-electron chi connectivity index (χ2n) is 19.0. The lowest BCUT2D eigenvalue weighted by Gasteiger charge is -2.50. The number of nitrogens with zero attached hydrogens (tertiary/aromatic N) is 1. The molecule has 18 heteroatoms. The lowest BCUT2D eigenvalue weighted by atomic mass is 9.79. The predicted octanol–water partition coefficient (Wildman–Crippen LogP) is 1.42. The van der Waals surface area contributed by atoms with Crippen LogP contribution in [0, 0.1) is 23.7 Å². The number of esters is 1. The molecule has 0 radical (unpaired) electrons. The second kappa shape index (κ2) is 24.5. The molecule has 4 rings (SSSR count). The fourth-order valence-electron chi connectivity index (χ4n) is 9.71. The van der Waals surface area contributed by atoms with E-state index in [0.29, 0.717) is 12.8 Å². The Kier molecular flexibility index (Phi) is 21.1. The average Bonchev–Trinajstić information content (AvgIpc) is 3.23. The van der Waals surface area contributed by atoms with Crippen molar-refractivity contribution in [1.29, 1.82) is 0 Å². The third-order valence-corrected chi connectivity index (χ3v) is 13.7. The lowest BCUT2D eigenvalue weighted by molar-refractivity contribution is -0.342. The van der Waals surface area contributed by atoms with E-state index in [2.05, 4.69) is 0 Å². The summed E-state index contributed by atoms with van der Waals surface area (Å²) in [5.74, 6) is -2.80. The van der Waals surface area contributed by atoms with E-state index in [1.54, 1.807) is 58.8 Å². The van der Waals surface area contributed by atoms with Gasteiger partial charge in [0.15, 0.2) is 18.9 Å². The molecule has 0 spiro atoms. The molecular weight excluding hydrogens is 838 g/mol. The van der Waals surface area contributed by atoms with E-state index in [9.17, 15) is 40.5 Å². The number of hydrogen-bond acceptors (Lipinski definition) is 18. The monoisotopic (exact) mass is 920 g/mol. The highest BCUT2D eigenvalue weighted by Gasteiger charge is 2.52. The van der Waals surface area contributed by atoms with Crippen LogP contribution in [0.4, 0.5) is 0 Å². The molecule has 0 aliphatic carbocycles. The van der Waals surface area contributed by atoms with Crippen LogP contribution in [0.15, 0.2) is 23.8 Å². The van der Waals surface area contributed by atoms with Crippen LogP contribution in [-0.4, -0.2) is 198 Å². The van der Waals surface area contributed by atoms with Crippen LogP contribution in [0.25, 0.3) is 0 Å². The summed E-state index contributed by atoms with van der Waals surface area (Å²) >= 11 is 0. The molecule has 4 heterocycles. The number of allylic oxidation sites excluding steroid dienone is 2. The molecule has 22 atom stereocenters. The van der Waals surface area contributed by atoms with Crippen molar-refractivity contribution in [1.82, 2.24) is 4.90 Å². The van der Waals surface area contributed by atoms with E-state index < -0.39 is 140 Å². The lowest BCUT2D eigenvalue weighted by Crippen LogP contribution is -2.65. The molecule has 7 N–H and O–H groups in total. The smallest absolute Gasteiger partial charge is 0.308 e. The highest BCUT2D eigenvalue weighted by atomic mass is 16.7. The third kappa shape index (κ3) is 13.7. The first-order chi connectivity index (χ1) is 30.1. The largest absolute Gasteiger partial charge is 0.462 e. The number of ether oxygens (including phenoxy) is 9. The van der Waals surface area contributed by atoms with E-state index in [0.717, 1.165) is 5.57 Å². The molecule has 0 bridgehead atoms. The van der Waals surface area contributed by atoms with E-state index in [1.807, 2.05) is 26.8 Å². The highest BCUT2D eigenvalue weighted by Crippen LogP contribution is 2.38. The van der Waals surface area contributed by atoms with Crippen molar-refractivity contribution >= 4 is 5.97 Å². The van der Waals surface area contributed by atoms with Gasteiger partial charge >= 0.3 is 5.97 Å². The maximum absolute atomic E-state index is 13.8. The number of hydrogen-bond donors (Lipinski definition) is 7. The van der Waals surface area contributed by atoms with Crippen LogP contribution in [0.5, 0.6) is 0 Å². The van der Waals surface area contributed by atoms with Gasteiger partial charge in [0, 0.05) is 39.1 Å². The van der Waals surface area contributed by atoms with E-state index >= 15 is 0 Å².